The molecular weight excluding hydrogens is 322 g/mol. The lowest BCUT2D eigenvalue weighted by molar-refractivity contribution is 0.361. The molecule has 4 rings (SSSR count). The monoisotopic (exact) mass is 347 g/mol. The van der Waals surface area contributed by atoms with Crippen LogP contribution in [0.3, 0.4) is 0 Å². The van der Waals surface area contributed by atoms with E-state index in [2.05, 4.69) is 52.4 Å². The van der Waals surface area contributed by atoms with Gasteiger partial charge in [-0.25, -0.2) is 0 Å². The normalized spacial score (nSPS) is 37.5. The lowest BCUT2D eigenvalue weighted by Gasteiger charge is -2.22. The fourth-order valence-corrected chi connectivity index (χ4v) is 5.95. The third-order valence-electron chi connectivity index (χ3n) is 6.31. The van der Waals surface area contributed by atoms with Crippen LogP contribution in [0, 0.1) is 29.6 Å². The second-order valence-electron chi connectivity index (χ2n) is 7.42. The Balaban J connectivity index is 1.49. The zero-order chi connectivity index (χ0) is 14.4. The summed E-state index contributed by atoms with van der Waals surface area (Å²) in [6, 6.07) is 9.46. The van der Waals surface area contributed by atoms with Crippen molar-refractivity contribution in [3.8, 4) is 0 Å². The molecule has 0 aromatic heterocycles. The number of halogens is 1. The van der Waals surface area contributed by atoms with Gasteiger partial charge in [0.2, 0.25) is 0 Å². The molecule has 1 N–H and O–H groups in total. The Morgan fingerprint density at radius 2 is 1.90 bits per heavy atom. The molecule has 3 aliphatic carbocycles. The van der Waals surface area contributed by atoms with Gasteiger partial charge in [-0.2, -0.15) is 0 Å². The molecule has 2 heteroatoms. The third kappa shape index (κ3) is 2.49. The molecule has 0 saturated heterocycles. The molecule has 0 radical (unpaired) electrons. The summed E-state index contributed by atoms with van der Waals surface area (Å²) >= 11 is 3.73. The van der Waals surface area contributed by atoms with Crippen molar-refractivity contribution in [2.45, 2.75) is 45.1 Å². The van der Waals surface area contributed by atoms with Gasteiger partial charge >= 0.3 is 0 Å². The number of benzene rings is 1. The van der Waals surface area contributed by atoms with Crippen LogP contribution in [-0.2, 0) is 6.42 Å². The molecule has 5 atom stereocenters. The molecule has 114 valence electrons. The van der Waals surface area contributed by atoms with Gasteiger partial charge in [-0.05, 0) is 79.9 Å². The quantitative estimate of drug-likeness (QED) is 0.789. The van der Waals surface area contributed by atoms with E-state index >= 15 is 0 Å². The van der Waals surface area contributed by atoms with Gasteiger partial charge in [0.05, 0.1) is 0 Å². The molecule has 3 aliphatic rings. The molecule has 0 heterocycles. The average Bonchev–Trinajstić information content (AvgIpc) is 2.92. The van der Waals surface area contributed by atoms with E-state index in [4.69, 9.17) is 0 Å². The van der Waals surface area contributed by atoms with Gasteiger partial charge in [0, 0.05) is 10.5 Å². The van der Waals surface area contributed by atoms with Gasteiger partial charge in [-0.1, -0.05) is 41.1 Å². The van der Waals surface area contributed by atoms with Gasteiger partial charge < -0.3 is 5.32 Å². The summed E-state index contributed by atoms with van der Waals surface area (Å²) in [6.45, 7) is 3.44. The maximum Gasteiger partial charge on any atom is 0.0207 e. The van der Waals surface area contributed by atoms with Crippen LogP contribution in [0.1, 0.15) is 38.2 Å². The van der Waals surface area contributed by atoms with E-state index < -0.39 is 0 Å². The second kappa shape index (κ2) is 5.70. The average molecular weight is 348 g/mol. The van der Waals surface area contributed by atoms with Gasteiger partial charge in [0.25, 0.3) is 0 Å². The standard InChI is InChI=1S/C19H26BrN/c1-2-9-21-16(11-12-5-3-4-6-15(12)20)19-17-13-7-8-14(10-13)18(17)19/h3-6,13-14,16-19,21H,2,7-11H2,1H3. The Morgan fingerprint density at radius 3 is 2.57 bits per heavy atom. The van der Waals surface area contributed by atoms with E-state index in [0.29, 0.717) is 6.04 Å². The van der Waals surface area contributed by atoms with E-state index in [9.17, 15) is 0 Å². The Labute approximate surface area is 137 Å². The van der Waals surface area contributed by atoms with Crippen molar-refractivity contribution < 1.29 is 0 Å². The van der Waals surface area contributed by atoms with Gasteiger partial charge in [-0.15, -0.1) is 0 Å². The molecule has 0 aliphatic heterocycles. The first-order chi connectivity index (χ1) is 10.3. The van der Waals surface area contributed by atoms with Crippen molar-refractivity contribution in [1.82, 2.24) is 5.32 Å². The van der Waals surface area contributed by atoms with Crippen molar-refractivity contribution >= 4 is 15.9 Å². The van der Waals surface area contributed by atoms with E-state index in [1.165, 1.54) is 42.3 Å². The van der Waals surface area contributed by atoms with Crippen LogP contribution < -0.4 is 5.32 Å². The van der Waals surface area contributed by atoms with Crippen LogP contribution in [0.2, 0.25) is 0 Å². The number of rotatable bonds is 6. The summed E-state index contributed by atoms with van der Waals surface area (Å²) < 4.78 is 1.28. The number of hydrogen-bond donors (Lipinski definition) is 1. The predicted octanol–water partition coefficient (Wildman–Crippen LogP) is 4.65. The molecule has 1 aromatic rings. The zero-order valence-electron chi connectivity index (χ0n) is 12.9. The summed E-state index contributed by atoms with van der Waals surface area (Å²) in [5.41, 5.74) is 1.48. The lowest BCUT2D eigenvalue weighted by atomic mass is 9.93. The molecule has 0 amide bonds. The van der Waals surface area contributed by atoms with Gasteiger partial charge in [0.15, 0.2) is 0 Å². The topological polar surface area (TPSA) is 12.0 Å². The number of fused-ring (bicyclic) bond motifs is 5. The number of hydrogen-bond acceptors (Lipinski definition) is 1. The molecule has 2 bridgehead atoms. The summed E-state index contributed by atoms with van der Waals surface area (Å²) in [4.78, 5) is 0. The highest BCUT2D eigenvalue weighted by atomic mass is 79.9. The fraction of sp³-hybridized carbons (Fsp3) is 0.684. The third-order valence-corrected chi connectivity index (χ3v) is 7.09. The summed E-state index contributed by atoms with van der Waals surface area (Å²) in [5.74, 6) is 5.27. The zero-order valence-corrected chi connectivity index (χ0v) is 14.5. The maximum absolute atomic E-state index is 3.88. The first-order valence-electron chi connectivity index (χ1n) is 8.76. The SMILES string of the molecule is CCCNC(Cc1ccccc1Br)C1C2C3CCC(C3)C21. The van der Waals surface area contributed by atoms with Crippen molar-refractivity contribution in [1.29, 1.82) is 0 Å². The minimum absolute atomic E-state index is 0.696. The molecule has 1 nitrogen and oxygen atoms in total. The van der Waals surface area contributed by atoms with E-state index in [-0.39, 0.29) is 0 Å². The highest BCUT2D eigenvalue weighted by Gasteiger charge is 2.66. The van der Waals surface area contributed by atoms with E-state index in [1.54, 1.807) is 6.42 Å². The highest BCUT2D eigenvalue weighted by Crippen LogP contribution is 2.70. The van der Waals surface area contributed by atoms with Crippen LogP contribution in [0.25, 0.3) is 0 Å². The Hall–Kier alpha value is -0.340. The van der Waals surface area contributed by atoms with Crippen molar-refractivity contribution in [2.24, 2.45) is 29.6 Å². The van der Waals surface area contributed by atoms with Gasteiger partial charge in [-0.3, -0.25) is 0 Å². The van der Waals surface area contributed by atoms with E-state index in [1.807, 2.05) is 0 Å². The molecule has 3 fully saturated rings. The maximum atomic E-state index is 3.88. The van der Waals surface area contributed by atoms with Crippen LogP contribution >= 0.6 is 15.9 Å². The Kier molecular flexibility index (Phi) is 3.87. The lowest BCUT2D eigenvalue weighted by Crippen LogP contribution is -2.36. The first kappa shape index (κ1) is 14.3. The van der Waals surface area contributed by atoms with Crippen molar-refractivity contribution in [3.63, 3.8) is 0 Å². The Morgan fingerprint density at radius 1 is 1.19 bits per heavy atom. The fourth-order valence-electron chi connectivity index (χ4n) is 5.51. The number of nitrogens with one attached hydrogen (secondary N) is 1. The first-order valence-corrected chi connectivity index (χ1v) is 9.55. The van der Waals surface area contributed by atoms with Crippen LogP contribution in [0.4, 0.5) is 0 Å². The molecule has 3 saturated carbocycles. The second-order valence-corrected chi connectivity index (χ2v) is 8.28. The van der Waals surface area contributed by atoms with Crippen LogP contribution in [-0.4, -0.2) is 12.6 Å². The largest absolute Gasteiger partial charge is 0.313 e. The highest BCUT2D eigenvalue weighted by molar-refractivity contribution is 9.10. The molecular formula is C19H26BrN. The van der Waals surface area contributed by atoms with Gasteiger partial charge in [0.1, 0.15) is 0 Å². The summed E-state index contributed by atoms with van der Waals surface area (Å²) in [7, 11) is 0. The molecule has 1 aromatic carbocycles. The van der Waals surface area contributed by atoms with Crippen molar-refractivity contribution in [3.05, 3.63) is 34.3 Å². The van der Waals surface area contributed by atoms with Crippen LogP contribution in [0.15, 0.2) is 28.7 Å². The smallest absolute Gasteiger partial charge is 0.0207 e. The van der Waals surface area contributed by atoms with Crippen molar-refractivity contribution in [2.75, 3.05) is 6.54 Å². The summed E-state index contributed by atoms with van der Waals surface area (Å²) in [6.07, 6.45) is 7.04. The van der Waals surface area contributed by atoms with Crippen LogP contribution in [0.5, 0.6) is 0 Å². The predicted molar refractivity (Wildman–Crippen MR) is 91.2 cm³/mol. The molecule has 21 heavy (non-hydrogen) atoms. The molecule has 5 unspecified atom stereocenters. The molecule has 0 spiro atoms. The Bertz CT molecular complexity index is 498. The van der Waals surface area contributed by atoms with E-state index in [0.717, 1.165) is 29.6 Å². The minimum Gasteiger partial charge on any atom is -0.313 e. The minimum atomic E-state index is 0.696. The summed E-state index contributed by atoms with van der Waals surface area (Å²) in [5, 5.41) is 3.88.